The molecule has 1 aliphatic rings. The van der Waals surface area contributed by atoms with E-state index in [0.717, 1.165) is 36.2 Å². The SMILES string of the molecule is O=C(O)[C@@H]1CCC[C@H](c2nc3ccccc3s2)C1. The second kappa shape index (κ2) is 4.69. The number of nitrogens with zero attached hydrogens (tertiary/aromatic N) is 1. The maximum Gasteiger partial charge on any atom is 0.306 e. The number of thiazole rings is 1. The van der Waals surface area contributed by atoms with Crippen molar-refractivity contribution < 1.29 is 9.90 Å². The minimum absolute atomic E-state index is 0.184. The fraction of sp³-hybridized carbons (Fsp3) is 0.429. The quantitative estimate of drug-likeness (QED) is 0.897. The second-order valence-corrected chi connectivity index (χ2v) is 5.98. The van der Waals surface area contributed by atoms with E-state index in [1.165, 1.54) is 4.70 Å². The normalized spacial score (nSPS) is 24.2. The fourth-order valence-corrected chi connectivity index (χ4v) is 3.82. The summed E-state index contributed by atoms with van der Waals surface area (Å²) in [5.74, 6) is -0.506. The van der Waals surface area contributed by atoms with Gasteiger partial charge in [-0.15, -0.1) is 11.3 Å². The topological polar surface area (TPSA) is 50.2 Å². The van der Waals surface area contributed by atoms with Crippen LogP contribution in [0.25, 0.3) is 10.2 Å². The number of aromatic nitrogens is 1. The molecule has 3 rings (SSSR count). The van der Waals surface area contributed by atoms with E-state index >= 15 is 0 Å². The Hall–Kier alpha value is -1.42. The Morgan fingerprint density at radius 3 is 2.94 bits per heavy atom. The highest BCUT2D eigenvalue weighted by Crippen LogP contribution is 2.39. The van der Waals surface area contributed by atoms with E-state index in [2.05, 4.69) is 11.1 Å². The fourth-order valence-electron chi connectivity index (χ4n) is 2.70. The maximum atomic E-state index is 11.1. The molecule has 3 nitrogen and oxygen atoms in total. The van der Waals surface area contributed by atoms with Gasteiger partial charge >= 0.3 is 5.97 Å². The van der Waals surface area contributed by atoms with Gasteiger partial charge in [-0.25, -0.2) is 4.98 Å². The Kier molecular flexibility index (Phi) is 3.04. The standard InChI is InChI=1S/C14H15NO2S/c16-14(17)10-5-3-4-9(8-10)13-15-11-6-1-2-7-12(11)18-13/h1-2,6-7,9-10H,3-5,8H2,(H,16,17)/t9-,10+/m0/s1. The van der Waals surface area contributed by atoms with Gasteiger partial charge in [-0.05, 0) is 31.4 Å². The maximum absolute atomic E-state index is 11.1. The van der Waals surface area contributed by atoms with Crippen molar-refractivity contribution in [2.45, 2.75) is 31.6 Å². The van der Waals surface area contributed by atoms with Crippen molar-refractivity contribution in [1.82, 2.24) is 4.98 Å². The zero-order valence-electron chi connectivity index (χ0n) is 10.0. The minimum Gasteiger partial charge on any atom is -0.481 e. The summed E-state index contributed by atoms with van der Waals surface area (Å²) in [4.78, 5) is 15.7. The van der Waals surface area contributed by atoms with Crippen LogP contribution in [0.15, 0.2) is 24.3 Å². The van der Waals surface area contributed by atoms with Crippen molar-refractivity contribution in [3.8, 4) is 0 Å². The molecule has 0 amide bonds. The van der Waals surface area contributed by atoms with Gasteiger partial charge < -0.3 is 5.11 Å². The number of fused-ring (bicyclic) bond motifs is 1. The molecular weight excluding hydrogens is 246 g/mol. The number of hydrogen-bond acceptors (Lipinski definition) is 3. The first-order chi connectivity index (χ1) is 8.74. The number of carboxylic acids is 1. The Balaban J connectivity index is 1.87. The van der Waals surface area contributed by atoms with E-state index < -0.39 is 5.97 Å². The lowest BCUT2D eigenvalue weighted by molar-refractivity contribution is -0.142. The zero-order valence-corrected chi connectivity index (χ0v) is 10.8. The zero-order chi connectivity index (χ0) is 12.5. The van der Waals surface area contributed by atoms with Crippen molar-refractivity contribution in [2.75, 3.05) is 0 Å². The third-order valence-corrected chi connectivity index (χ3v) is 4.88. The second-order valence-electron chi connectivity index (χ2n) is 4.92. The van der Waals surface area contributed by atoms with Crippen molar-refractivity contribution >= 4 is 27.5 Å². The van der Waals surface area contributed by atoms with E-state index in [9.17, 15) is 4.79 Å². The molecule has 0 unspecified atom stereocenters. The molecule has 1 heterocycles. The third-order valence-electron chi connectivity index (χ3n) is 3.68. The smallest absolute Gasteiger partial charge is 0.306 e. The summed E-state index contributed by atoms with van der Waals surface area (Å²) >= 11 is 1.71. The summed E-state index contributed by atoms with van der Waals surface area (Å²) in [6.07, 6.45) is 3.63. The van der Waals surface area contributed by atoms with Crippen LogP contribution in [0.3, 0.4) is 0 Å². The summed E-state index contributed by atoms with van der Waals surface area (Å²) in [5, 5.41) is 10.2. The predicted molar refractivity (Wildman–Crippen MR) is 72.0 cm³/mol. The molecule has 1 aromatic heterocycles. The van der Waals surface area contributed by atoms with Crippen LogP contribution < -0.4 is 0 Å². The van der Waals surface area contributed by atoms with Gasteiger partial charge in [-0.3, -0.25) is 4.79 Å². The molecule has 2 atom stereocenters. The summed E-state index contributed by atoms with van der Waals surface area (Å²) < 4.78 is 1.20. The lowest BCUT2D eigenvalue weighted by Gasteiger charge is -2.24. The monoisotopic (exact) mass is 261 g/mol. The molecule has 18 heavy (non-hydrogen) atoms. The molecule has 4 heteroatoms. The van der Waals surface area contributed by atoms with E-state index in [4.69, 9.17) is 5.11 Å². The lowest BCUT2D eigenvalue weighted by atomic mass is 9.82. The average Bonchev–Trinajstić information content (AvgIpc) is 2.82. The molecule has 0 radical (unpaired) electrons. The summed E-state index contributed by atoms with van der Waals surface area (Å²) in [7, 11) is 0. The number of aliphatic carboxylic acids is 1. The third kappa shape index (κ3) is 2.12. The first-order valence-electron chi connectivity index (χ1n) is 6.32. The lowest BCUT2D eigenvalue weighted by Crippen LogP contribution is -2.21. The molecule has 1 N–H and O–H groups in total. The number of rotatable bonds is 2. The Morgan fingerprint density at radius 1 is 1.33 bits per heavy atom. The van der Waals surface area contributed by atoms with Crippen LogP contribution in [-0.2, 0) is 4.79 Å². The Bertz CT molecular complexity index is 545. The van der Waals surface area contributed by atoms with Gasteiger partial charge in [0.25, 0.3) is 0 Å². The van der Waals surface area contributed by atoms with Gasteiger partial charge in [-0.2, -0.15) is 0 Å². The van der Waals surface area contributed by atoms with Crippen LogP contribution in [0.4, 0.5) is 0 Å². The van der Waals surface area contributed by atoms with Gasteiger partial charge in [0.2, 0.25) is 0 Å². The molecule has 94 valence electrons. The van der Waals surface area contributed by atoms with Gasteiger partial charge in [-0.1, -0.05) is 18.6 Å². The molecular formula is C14H15NO2S. The van der Waals surface area contributed by atoms with Gasteiger partial charge in [0.05, 0.1) is 21.1 Å². The van der Waals surface area contributed by atoms with Crippen LogP contribution in [0.1, 0.15) is 36.6 Å². The number of hydrogen-bond donors (Lipinski definition) is 1. The van der Waals surface area contributed by atoms with Crippen molar-refractivity contribution in [3.05, 3.63) is 29.3 Å². The van der Waals surface area contributed by atoms with Crippen molar-refractivity contribution in [3.63, 3.8) is 0 Å². The summed E-state index contributed by atoms with van der Waals surface area (Å²) in [6.45, 7) is 0. The molecule has 0 bridgehead atoms. The molecule has 1 fully saturated rings. The number of carboxylic acid groups (broad SMARTS) is 1. The van der Waals surface area contributed by atoms with Crippen LogP contribution in [0, 0.1) is 5.92 Å². The molecule has 0 saturated heterocycles. The highest BCUT2D eigenvalue weighted by atomic mass is 32.1. The number of para-hydroxylation sites is 1. The largest absolute Gasteiger partial charge is 0.481 e. The number of benzene rings is 1. The Morgan fingerprint density at radius 2 is 2.17 bits per heavy atom. The predicted octanol–water partition coefficient (Wildman–Crippen LogP) is 3.65. The van der Waals surface area contributed by atoms with E-state index in [0.29, 0.717) is 5.92 Å². The van der Waals surface area contributed by atoms with Crippen molar-refractivity contribution in [1.29, 1.82) is 0 Å². The minimum atomic E-state index is -0.652. The highest BCUT2D eigenvalue weighted by molar-refractivity contribution is 7.18. The molecule has 1 saturated carbocycles. The van der Waals surface area contributed by atoms with E-state index in [1.807, 2.05) is 18.2 Å². The molecule has 0 spiro atoms. The molecule has 0 aliphatic heterocycles. The van der Waals surface area contributed by atoms with Crippen molar-refractivity contribution in [2.24, 2.45) is 5.92 Å². The first kappa shape index (κ1) is 11.7. The van der Waals surface area contributed by atoms with Gasteiger partial charge in [0.15, 0.2) is 0 Å². The molecule has 1 aliphatic carbocycles. The van der Waals surface area contributed by atoms with Crippen LogP contribution in [0.2, 0.25) is 0 Å². The van der Waals surface area contributed by atoms with E-state index in [-0.39, 0.29) is 5.92 Å². The molecule has 2 aromatic rings. The highest BCUT2D eigenvalue weighted by Gasteiger charge is 2.29. The summed E-state index contributed by atoms with van der Waals surface area (Å²) in [6, 6.07) is 8.11. The van der Waals surface area contributed by atoms with E-state index in [1.54, 1.807) is 11.3 Å². The summed E-state index contributed by atoms with van der Waals surface area (Å²) in [5.41, 5.74) is 1.04. The Labute approximate surface area is 109 Å². The van der Waals surface area contributed by atoms with Gasteiger partial charge in [0, 0.05) is 5.92 Å². The van der Waals surface area contributed by atoms with Crippen LogP contribution in [0.5, 0.6) is 0 Å². The average molecular weight is 261 g/mol. The van der Waals surface area contributed by atoms with Crippen LogP contribution in [-0.4, -0.2) is 16.1 Å². The first-order valence-corrected chi connectivity index (χ1v) is 7.14. The van der Waals surface area contributed by atoms with Gasteiger partial charge in [0.1, 0.15) is 0 Å². The van der Waals surface area contributed by atoms with Crippen LogP contribution >= 0.6 is 11.3 Å². The number of carbonyl (C=O) groups is 1. The molecule has 1 aromatic carbocycles.